The molecule has 0 bridgehead atoms. The summed E-state index contributed by atoms with van der Waals surface area (Å²) < 4.78 is 29.3. The summed E-state index contributed by atoms with van der Waals surface area (Å²) in [5.41, 5.74) is -0.840. The maximum atomic E-state index is 14.0. The zero-order valence-corrected chi connectivity index (χ0v) is 15.4. The number of carbonyl (C=O) groups excluding carboxylic acids is 2. The largest absolute Gasteiger partial charge is 0.490 e. The molecule has 0 spiro atoms. The summed E-state index contributed by atoms with van der Waals surface area (Å²) in [4.78, 5) is 25.0. The van der Waals surface area contributed by atoms with Crippen LogP contribution in [0.2, 0.25) is 5.02 Å². The Balaban J connectivity index is 1.99. The van der Waals surface area contributed by atoms with Gasteiger partial charge in [-0.05, 0) is 33.3 Å². The van der Waals surface area contributed by atoms with E-state index in [0.717, 1.165) is 25.7 Å². The van der Waals surface area contributed by atoms with Crippen LogP contribution in [-0.2, 0) is 9.47 Å². The molecular weight excluding hydrogens is 353 g/mol. The highest BCUT2D eigenvalue weighted by Gasteiger charge is 2.35. The molecule has 0 N–H and O–H groups in total. The second kappa shape index (κ2) is 7.47. The lowest BCUT2D eigenvalue weighted by atomic mass is 10.1. The highest BCUT2D eigenvalue weighted by Crippen LogP contribution is 2.30. The highest BCUT2D eigenvalue weighted by atomic mass is 35.5. The van der Waals surface area contributed by atoms with Crippen LogP contribution in [0.3, 0.4) is 0 Å². The fourth-order valence-electron chi connectivity index (χ4n) is 2.27. The number of ether oxygens (including phenoxy) is 3. The van der Waals surface area contributed by atoms with Gasteiger partial charge in [0, 0.05) is 12.6 Å². The minimum atomic E-state index is -0.818. The molecular formula is C17H21ClFNO5. The standard InChI is InChI=1S/C17H21ClFNO5/c1-17(2,3)25-16(22)20-6-5-10(20)9-24-14-8-13(19)11(7-12(14)18)15(21)23-4/h7-8,10H,5-6,9H2,1-4H3. The van der Waals surface area contributed by atoms with Gasteiger partial charge in [-0.25, -0.2) is 14.0 Å². The van der Waals surface area contributed by atoms with Crippen molar-refractivity contribution in [2.24, 2.45) is 0 Å². The Labute approximate surface area is 150 Å². The molecule has 1 amide bonds. The molecule has 138 valence electrons. The average molecular weight is 374 g/mol. The lowest BCUT2D eigenvalue weighted by Gasteiger charge is -2.41. The summed E-state index contributed by atoms with van der Waals surface area (Å²) in [5.74, 6) is -1.51. The van der Waals surface area contributed by atoms with Gasteiger partial charge in [0.25, 0.3) is 0 Å². The minimum absolute atomic E-state index is 0.0879. The number of hydrogen-bond acceptors (Lipinski definition) is 5. The molecule has 1 aromatic carbocycles. The van der Waals surface area contributed by atoms with Crippen LogP contribution in [0.25, 0.3) is 0 Å². The van der Waals surface area contributed by atoms with Crippen molar-refractivity contribution in [2.75, 3.05) is 20.3 Å². The normalized spacial score (nSPS) is 16.9. The third kappa shape index (κ3) is 4.75. The van der Waals surface area contributed by atoms with Gasteiger partial charge >= 0.3 is 12.1 Å². The first kappa shape index (κ1) is 19.3. The van der Waals surface area contributed by atoms with Crippen LogP contribution in [0.1, 0.15) is 37.6 Å². The van der Waals surface area contributed by atoms with E-state index in [-0.39, 0.29) is 29.0 Å². The highest BCUT2D eigenvalue weighted by molar-refractivity contribution is 6.32. The summed E-state index contributed by atoms with van der Waals surface area (Å²) in [6.07, 6.45) is 0.338. The minimum Gasteiger partial charge on any atom is -0.490 e. The summed E-state index contributed by atoms with van der Waals surface area (Å²) in [6.45, 7) is 6.10. The molecule has 1 heterocycles. The molecule has 25 heavy (non-hydrogen) atoms. The number of amides is 1. The summed E-state index contributed by atoms with van der Waals surface area (Å²) in [7, 11) is 1.15. The van der Waals surface area contributed by atoms with Gasteiger partial charge in [-0.3, -0.25) is 0 Å². The van der Waals surface area contributed by atoms with E-state index in [4.69, 9.17) is 21.1 Å². The Hall–Kier alpha value is -2.02. The quantitative estimate of drug-likeness (QED) is 0.754. The van der Waals surface area contributed by atoms with Gasteiger partial charge in [-0.1, -0.05) is 11.6 Å². The number of methoxy groups -OCH3 is 1. The van der Waals surface area contributed by atoms with Gasteiger partial charge in [-0.2, -0.15) is 0 Å². The topological polar surface area (TPSA) is 65.1 Å². The molecule has 1 aromatic rings. The van der Waals surface area contributed by atoms with Gasteiger partial charge in [0.2, 0.25) is 0 Å². The van der Waals surface area contributed by atoms with Crippen LogP contribution >= 0.6 is 11.6 Å². The molecule has 0 saturated carbocycles. The number of nitrogens with zero attached hydrogens (tertiary/aromatic N) is 1. The van der Waals surface area contributed by atoms with Crippen molar-refractivity contribution in [2.45, 2.75) is 38.8 Å². The Kier molecular flexibility index (Phi) is 5.77. The van der Waals surface area contributed by atoms with Crippen molar-refractivity contribution in [1.29, 1.82) is 0 Å². The Morgan fingerprint density at radius 2 is 2.04 bits per heavy atom. The van der Waals surface area contributed by atoms with Gasteiger partial charge < -0.3 is 19.1 Å². The van der Waals surface area contributed by atoms with E-state index < -0.39 is 23.5 Å². The van der Waals surface area contributed by atoms with Crippen molar-refractivity contribution in [1.82, 2.24) is 4.90 Å². The molecule has 1 aliphatic rings. The van der Waals surface area contributed by atoms with Crippen LogP contribution < -0.4 is 4.74 Å². The first-order valence-electron chi connectivity index (χ1n) is 7.82. The molecule has 0 aliphatic carbocycles. The van der Waals surface area contributed by atoms with Crippen molar-refractivity contribution in [3.05, 3.63) is 28.5 Å². The Morgan fingerprint density at radius 1 is 1.36 bits per heavy atom. The van der Waals surface area contributed by atoms with E-state index in [2.05, 4.69) is 4.74 Å². The molecule has 1 saturated heterocycles. The maximum Gasteiger partial charge on any atom is 0.410 e. The zero-order valence-electron chi connectivity index (χ0n) is 14.6. The van der Waals surface area contributed by atoms with Crippen LogP contribution in [0.5, 0.6) is 5.75 Å². The summed E-state index contributed by atoms with van der Waals surface area (Å²) >= 11 is 6.03. The van der Waals surface area contributed by atoms with Crippen molar-refractivity contribution >= 4 is 23.7 Å². The predicted octanol–water partition coefficient (Wildman–Crippen LogP) is 3.65. The molecule has 0 radical (unpaired) electrons. The van der Waals surface area contributed by atoms with E-state index in [0.29, 0.717) is 6.54 Å². The number of likely N-dealkylation sites (tertiary alicyclic amines) is 1. The molecule has 1 fully saturated rings. The smallest absolute Gasteiger partial charge is 0.410 e. The molecule has 6 nitrogen and oxygen atoms in total. The number of esters is 1. The maximum absolute atomic E-state index is 14.0. The summed E-state index contributed by atoms with van der Waals surface area (Å²) in [5, 5.41) is 0.0879. The summed E-state index contributed by atoms with van der Waals surface area (Å²) in [6, 6.07) is 2.02. The van der Waals surface area contributed by atoms with Gasteiger partial charge in [0.1, 0.15) is 23.8 Å². The monoisotopic (exact) mass is 373 g/mol. The van der Waals surface area contributed by atoms with Crippen molar-refractivity contribution in [3.8, 4) is 5.75 Å². The van der Waals surface area contributed by atoms with Crippen molar-refractivity contribution in [3.63, 3.8) is 0 Å². The average Bonchev–Trinajstić information content (AvgIpc) is 2.46. The lowest BCUT2D eigenvalue weighted by Crippen LogP contribution is -2.55. The third-order valence-corrected chi connectivity index (χ3v) is 3.93. The Morgan fingerprint density at radius 3 is 2.56 bits per heavy atom. The molecule has 0 aromatic heterocycles. The number of rotatable bonds is 4. The van der Waals surface area contributed by atoms with Crippen LogP contribution in [0.15, 0.2) is 12.1 Å². The number of carbonyl (C=O) groups is 2. The van der Waals surface area contributed by atoms with E-state index in [1.807, 2.05) is 0 Å². The fraction of sp³-hybridized carbons (Fsp3) is 0.529. The van der Waals surface area contributed by atoms with Crippen LogP contribution in [-0.4, -0.2) is 48.9 Å². The van der Waals surface area contributed by atoms with Gasteiger partial charge in [-0.15, -0.1) is 0 Å². The molecule has 2 rings (SSSR count). The van der Waals surface area contributed by atoms with E-state index in [1.165, 1.54) is 0 Å². The molecule has 1 atom stereocenters. The first-order valence-corrected chi connectivity index (χ1v) is 8.20. The predicted molar refractivity (Wildman–Crippen MR) is 89.6 cm³/mol. The van der Waals surface area contributed by atoms with E-state index >= 15 is 0 Å². The third-order valence-electron chi connectivity index (χ3n) is 3.63. The zero-order chi connectivity index (χ0) is 18.8. The van der Waals surface area contributed by atoms with E-state index in [1.54, 1.807) is 25.7 Å². The molecule has 1 aliphatic heterocycles. The SMILES string of the molecule is COC(=O)c1cc(Cl)c(OCC2CCN2C(=O)OC(C)(C)C)cc1F. The molecule has 1 unspecified atom stereocenters. The number of halogens is 2. The van der Waals surface area contributed by atoms with Crippen LogP contribution in [0, 0.1) is 5.82 Å². The van der Waals surface area contributed by atoms with Crippen LogP contribution in [0.4, 0.5) is 9.18 Å². The second-order valence-electron chi connectivity index (χ2n) is 6.68. The second-order valence-corrected chi connectivity index (χ2v) is 7.09. The van der Waals surface area contributed by atoms with Gasteiger partial charge in [0.05, 0.1) is 23.7 Å². The number of hydrogen-bond donors (Lipinski definition) is 0. The molecule has 8 heteroatoms. The Bertz CT molecular complexity index is 674. The lowest BCUT2D eigenvalue weighted by molar-refractivity contribution is -0.0141. The van der Waals surface area contributed by atoms with E-state index in [9.17, 15) is 14.0 Å². The first-order chi connectivity index (χ1) is 11.6. The van der Waals surface area contributed by atoms with Gasteiger partial charge in [0.15, 0.2) is 0 Å². The number of benzene rings is 1. The van der Waals surface area contributed by atoms with Crippen molar-refractivity contribution < 1.29 is 28.2 Å². The fourth-order valence-corrected chi connectivity index (χ4v) is 2.48.